The molecule has 0 spiro atoms. The van der Waals surface area contributed by atoms with Gasteiger partial charge in [-0.05, 0) is 38.8 Å². The Kier molecular flexibility index (Phi) is 5.56. The number of carbonyl (C=O) groups excluding carboxylic acids is 1. The van der Waals surface area contributed by atoms with Gasteiger partial charge >= 0.3 is 0 Å². The normalized spacial score (nSPS) is 15.3. The average molecular weight is 357 g/mol. The molecule has 2 aromatic rings. The van der Waals surface area contributed by atoms with Crippen LogP contribution in [0.3, 0.4) is 0 Å². The van der Waals surface area contributed by atoms with Gasteiger partial charge < -0.3 is 19.5 Å². The highest BCUT2D eigenvalue weighted by molar-refractivity contribution is 5.94. The van der Waals surface area contributed by atoms with Crippen molar-refractivity contribution >= 4 is 11.9 Å². The van der Waals surface area contributed by atoms with E-state index in [4.69, 9.17) is 0 Å². The van der Waals surface area contributed by atoms with Crippen molar-refractivity contribution in [1.29, 1.82) is 0 Å². The zero-order chi connectivity index (χ0) is 18.7. The van der Waals surface area contributed by atoms with E-state index in [1.54, 1.807) is 0 Å². The minimum absolute atomic E-state index is 0.0132. The van der Waals surface area contributed by atoms with Gasteiger partial charge in [0.15, 0.2) is 0 Å². The van der Waals surface area contributed by atoms with Crippen LogP contribution in [0.5, 0.6) is 0 Å². The molecule has 1 N–H and O–H groups in total. The number of aryl methyl sites for hydroxylation is 3. The van der Waals surface area contributed by atoms with E-state index in [-0.39, 0.29) is 18.6 Å². The third kappa shape index (κ3) is 4.04. The van der Waals surface area contributed by atoms with E-state index in [1.165, 1.54) is 0 Å². The standard InChI is InChI=1S/C19H27N5O2/c1-14-12-15(2)21-19(20-14)23-8-5-17(6-9-23)24(10-11-25)18(26)16-4-7-22(3)13-16/h4,7,12-13,17,25H,5-6,8-11H2,1-3H3. The molecule has 0 bridgehead atoms. The molecule has 140 valence electrons. The van der Waals surface area contributed by atoms with E-state index in [2.05, 4.69) is 14.9 Å². The molecule has 0 saturated carbocycles. The molecule has 0 atom stereocenters. The number of hydrogen-bond donors (Lipinski definition) is 1. The minimum atomic E-state index is -0.0288. The number of hydrogen-bond acceptors (Lipinski definition) is 5. The van der Waals surface area contributed by atoms with Crippen molar-refractivity contribution in [2.45, 2.75) is 32.7 Å². The summed E-state index contributed by atoms with van der Waals surface area (Å²) in [6.45, 7) is 5.89. The summed E-state index contributed by atoms with van der Waals surface area (Å²) in [5.41, 5.74) is 2.60. The summed E-state index contributed by atoms with van der Waals surface area (Å²) in [4.78, 5) is 25.9. The number of aliphatic hydroxyl groups excluding tert-OH is 1. The van der Waals surface area contributed by atoms with E-state index in [0.29, 0.717) is 12.1 Å². The van der Waals surface area contributed by atoms with Crippen LogP contribution < -0.4 is 4.90 Å². The molecule has 7 heteroatoms. The summed E-state index contributed by atoms with van der Waals surface area (Å²) in [7, 11) is 1.90. The van der Waals surface area contributed by atoms with E-state index in [0.717, 1.165) is 43.3 Å². The van der Waals surface area contributed by atoms with E-state index in [9.17, 15) is 9.90 Å². The molecular formula is C19H27N5O2. The first-order chi connectivity index (χ1) is 12.5. The Morgan fingerprint density at radius 3 is 2.46 bits per heavy atom. The summed E-state index contributed by atoms with van der Waals surface area (Å²) >= 11 is 0. The van der Waals surface area contributed by atoms with Crippen LogP contribution in [0, 0.1) is 13.8 Å². The molecule has 0 aliphatic carbocycles. The molecule has 7 nitrogen and oxygen atoms in total. The number of carbonyl (C=O) groups is 1. The Bertz CT molecular complexity index is 745. The SMILES string of the molecule is Cc1cc(C)nc(N2CCC(N(CCO)C(=O)c3ccn(C)c3)CC2)n1. The molecule has 3 heterocycles. The van der Waals surface area contributed by atoms with Crippen molar-refractivity contribution in [3.05, 3.63) is 41.5 Å². The Balaban J connectivity index is 1.68. The first-order valence-corrected chi connectivity index (χ1v) is 9.09. The third-order valence-electron chi connectivity index (χ3n) is 4.84. The predicted octanol–water partition coefficient (Wildman–Crippen LogP) is 1.54. The predicted molar refractivity (Wildman–Crippen MR) is 100 cm³/mol. The van der Waals surface area contributed by atoms with Gasteiger partial charge in [-0.25, -0.2) is 9.97 Å². The van der Waals surface area contributed by atoms with Crippen LogP contribution in [0.25, 0.3) is 0 Å². The van der Waals surface area contributed by atoms with Gasteiger partial charge in [0.05, 0.1) is 12.2 Å². The second-order valence-electron chi connectivity index (χ2n) is 6.96. The fourth-order valence-electron chi connectivity index (χ4n) is 3.58. The number of amides is 1. The maximum atomic E-state index is 12.9. The zero-order valence-electron chi connectivity index (χ0n) is 15.7. The van der Waals surface area contributed by atoms with Crippen molar-refractivity contribution < 1.29 is 9.90 Å². The molecule has 2 aromatic heterocycles. The average Bonchev–Trinajstić information content (AvgIpc) is 3.05. The molecule has 1 fully saturated rings. The van der Waals surface area contributed by atoms with Crippen LogP contribution in [0.4, 0.5) is 5.95 Å². The van der Waals surface area contributed by atoms with E-state index in [1.807, 2.05) is 54.9 Å². The van der Waals surface area contributed by atoms with Gasteiger partial charge in [0.2, 0.25) is 5.95 Å². The molecule has 1 aliphatic heterocycles. The Hall–Kier alpha value is -2.41. The van der Waals surface area contributed by atoms with Crippen molar-refractivity contribution in [3.63, 3.8) is 0 Å². The lowest BCUT2D eigenvalue weighted by Crippen LogP contribution is -2.48. The summed E-state index contributed by atoms with van der Waals surface area (Å²) in [6.07, 6.45) is 5.37. The highest BCUT2D eigenvalue weighted by Crippen LogP contribution is 2.22. The van der Waals surface area contributed by atoms with Gasteiger partial charge in [0.1, 0.15) is 0 Å². The number of rotatable bonds is 5. The number of anilines is 1. The van der Waals surface area contributed by atoms with Crippen LogP contribution in [0.2, 0.25) is 0 Å². The Morgan fingerprint density at radius 1 is 1.27 bits per heavy atom. The molecule has 0 unspecified atom stereocenters. The van der Waals surface area contributed by atoms with Gasteiger partial charge in [-0.2, -0.15) is 0 Å². The summed E-state index contributed by atoms with van der Waals surface area (Å²) < 4.78 is 1.87. The molecule has 3 rings (SSSR count). The topological polar surface area (TPSA) is 74.5 Å². The zero-order valence-corrected chi connectivity index (χ0v) is 15.7. The van der Waals surface area contributed by atoms with Crippen LogP contribution in [0.15, 0.2) is 24.5 Å². The van der Waals surface area contributed by atoms with Crippen LogP contribution in [0.1, 0.15) is 34.6 Å². The quantitative estimate of drug-likeness (QED) is 0.878. The molecule has 1 saturated heterocycles. The first-order valence-electron chi connectivity index (χ1n) is 9.09. The van der Waals surface area contributed by atoms with Crippen molar-refractivity contribution in [3.8, 4) is 0 Å². The summed E-state index contributed by atoms with van der Waals surface area (Å²) in [5.74, 6) is 0.754. The second-order valence-corrected chi connectivity index (χ2v) is 6.96. The Morgan fingerprint density at radius 2 is 1.92 bits per heavy atom. The third-order valence-corrected chi connectivity index (χ3v) is 4.84. The lowest BCUT2D eigenvalue weighted by molar-refractivity contribution is 0.0602. The lowest BCUT2D eigenvalue weighted by atomic mass is 10.0. The molecule has 0 aromatic carbocycles. The van der Waals surface area contributed by atoms with E-state index < -0.39 is 0 Å². The van der Waals surface area contributed by atoms with Gasteiger partial charge in [-0.3, -0.25) is 4.79 Å². The minimum Gasteiger partial charge on any atom is -0.395 e. The van der Waals surface area contributed by atoms with Crippen molar-refractivity contribution in [1.82, 2.24) is 19.4 Å². The van der Waals surface area contributed by atoms with Gasteiger partial charge in [0, 0.05) is 56.5 Å². The fourth-order valence-corrected chi connectivity index (χ4v) is 3.58. The maximum Gasteiger partial charge on any atom is 0.255 e. The molecule has 0 radical (unpaired) electrons. The van der Waals surface area contributed by atoms with Crippen LogP contribution in [-0.2, 0) is 7.05 Å². The molecule has 1 amide bonds. The van der Waals surface area contributed by atoms with E-state index >= 15 is 0 Å². The lowest BCUT2D eigenvalue weighted by Gasteiger charge is -2.38. The largest absolute Gasteiger partial charge is 0.395 e. The Labute approximate surface area is 154 Å². The summed E-state index contributed by atoms with van der Waals surface area (Å²) in [5, 5.41) is 9.43. The molecule has 26 heavy (non-hydrogen) atoms. The maximum absolute atomic E-state index is 12.9. The van der Waals surface area contributed by atoms with Gasteiger partial charge in [-0.1, -0.05) is 0 Å². The van der Waals surface area contributed by atoms with Crippen LogP contribution in [-0.4, -0.2) is 62.7 Å². The number of aliphatic hydroxyl groups is 1. The highest BCUT2D eigenvalue weighted by Gasteiger charge is 2.29. The number of nitrogens with zero attached hydrogens (tertiary/aromatic N) is 5. The smallest absolute Gasteiger partial charge is 0.255 e. The monoisotopic (exact) mass is 357 g/mol. The van der Waals surface area contributed by atoms with Crippen LogP contribution >= 0.6 is 0 Å². The highest BCUT2D eigenvalue weighted by atomic mass is 16.3. The number of aromatic nitrogens is 3. The van der Waals surface area contributed by atoms with Crippen molar-refractivity contribution in [2.24, 2.45) is 7.05 Å². The number of piperidine rings is 1. The van der Waals surface area contributed by atoms with Crippen molar-refractivity contribution in [2.75, 3.05) is 31.1 Å². The first kappa shape index (κ1) is 18.4. The molecular weight excluding hydrogens is 330 g/mol. The second kappa shape index (κ2) is 7.86. The molecule has 1 aliphatic rings. The van der Waals surface area contributed by atoms with Gasteiger partial charge in [-0.15, -0.1) is 0 Å². The van der Waals surface area contributed by atoms with Gasteiger partial charge in [0.25, 0.3) is 5.91 Å². The summed E-state index contributed by atoms with van der Waals surface area (Å²) in [6, 6.07) is 3.92. The fraction of sp³-hybridized carbons (Fsp3) is 0.526.